The molecule has 90 valence electrons. The first kappa shape index (κ1) is 12.9. The summed E-state index contributed by atoms with van der Waals surface area (Å²) in [6.45, 7) is 8.48. The number of nitrogens with one attached hydrogen (secondary N) is 1. The fraction of sp³-hybridized carbons (Fsp3) is 1.00. The molecule has 0 radical (unpaired) electrons. The molecule has 1 heterocycles. The van der Waals surface area contributed by atoms with E-state index in [-0.39, 0.29) is 6.61 Å². The standard InChI is InChI=1S/C11H24N2O2/c1-9(2)13-5-4-10(6-13)12-7-11(3,15)8-14/h9-10,12,14-15H,4-8H2,1-3H3. The highest BCUT2D eigenvalue weighted by Gasteiger charge is 2.26. The van der Waals surface area contributed by atoms with Gasteiger partial charge in [-0.25, -0.2) is 0 Å². The van der Waals surface area contributed by atoms with Crippen molar-refractivity contribution in [2.75, 3.05) is 26.2 Å². The molecule has 15 heavy (non-hydrogen) atoms. The Morgan fingerprint density at radius 1 is 1.53 bits per heavy atom. The van der Waals surface area contributed by atoms with Crippen LogP contribution in [0, 0.1) is 0 Å². The summed E-state index contributed by atoms with van der Waals surface area (Å²) in [6.07, 6.45) is 1.12. The molecule has 0 aliphatic carbocycles. The Balaban J connectivity index is 2.25. The van der Waals surface area contributed by atoms with Crippen molar-refractivity contribution in [2.45, 2.75) is 44.9 Å². The summed E-state index contributed by atoms with van der Waals surface area (Å²) in [6, 6.07) is 1.04. The fourth-order valence-electron chi connectivity index (χ4n) is 1.84. The second kappa shape index (κ2) is 5.25. The molecular formula is C11H24N2O2. The lowest BCUT2D eigenvalue weighted by Gasteiger charge is -2.24. The normalized spacial score (nSPS) is 27.2. The molecule has 4 nitrogen and oxygen atoms in total. The molecule has 3 N–H and O–H groups in total. The number of aliphatic hydroxyl groups excluding tert-OH is 1. The Morgan fingerprint density at radius 2 is 2.20 bits per heavy atom. The van der Waals surface area contributed by atoms with Crippen molar-refractivity contribution < 1.29 is 10.2 Å². The molecule has 0 aromatic heterocycles. The number of aliphatic hydroxyl groups is 2. The van der Waals surface area contributed by atoms with Gasteiger partial charge in [-0.2, -0.15) is 0 Å². The maximum absolute atomic E-state index is 9.63. The van der Waals surface area contributed by atoms with Gasteiger partial charge in [-0.3, -0.25) is 4.90 Å². The van der Waals surface area contributed by atoms with Gasteiger partial charge < -0.3 is 15.5 Å². The molecule has 2 atom stereocenters. The molecule has 0 amide bonds. The van der Waals surface area contributed by atoms with Gasteiger partial charge in [0.25, 0.3) is 0 Å². The van der Waals surface area contributed by atoms with E-state index >= 15 is 0 Å². The van der Waals surface area contributed by atoms with Gasteiger partial charge in [0, 0.05) is 25.2 Å². The fourth-order valence-corrected chi connectivity index (χ4v) is 1.84. The van der Waals surface area contributed by atoms with Crippen molar-refractivity contribution in [1.82, 2.24) is 10.2 Å². The zero-order valence-electron chi connectivity index (χ0n) is 10.0. The number of hydrogen-bond acceptors (Lipinski definition) is 4. The van der Waals surface area contributed by atoms with Gasteiger partial charge in [0.15, 0.2) is 0 Å². The van der Waals surface area contributed by atoms with Crippen LogP contribution in [0.3, 0.4) is 0 Å². The van der Waals surface area contributed by atoms with Crippen molar-refractivity contribution in [1.29, 1.82) is 0 Å². The lowest BCUT2D eigenvalue weighted by atomic mass is 10.1. The maximum Gasteiger partial charge on any atom is 0.0972 e. The van der Waals surface area contributed by atoms with E-state index in [1.165, 1.54) is 0 Å². The molecular weight excluding hydrogens is 192 g/mol. The van der Waals surface area contributed by atoms with Crippen LogP contribution in [-0.4, -0.2) is 59.0 Å². The molecule has 1 rings (SSSR count). The van der Waals surface area contributed by atoms with Gasteiger partial charge in [-0.15, -0.1) is 0 Å². The predicted octanol–water partition coefficient (Wildman–Crippen LogP) is -0.198. The first-order valence-corrected chi connectivity index (χ1v) is 5.75. The van der Waals surface area contributed by atoms with Crippen LogP contribution in [-0.2, 0) is 0 Å². The molecule has 0 spiro atoms. The molecule has 1 aliphatic heterocycles. The van der Waals surface area contributed by atoms with Crippen LogP contribution < -0.4 is 5.32 Å². The minimum absolute atomic E-state index is 0.194. The quantitative estimate of drug-likeness (QED) is 0.596. The van der Waals surface area contributed by atoms with E-state index in [1.807, 2.05) is 0 Å². The van der Waals surface area contributed by atoms with E-state index in [2.05, 4.69) is 24.1 Å². The lowest BCUT2D eigenvalue weighted by molar-refractivity contribution is 0.000895. The van der Waals surface area contributed by atoms with Crippen LogP contribution in [0.5, 0.6) is 0 Å². The van der Waals surface area contributed by atoms with E-state index in [1.54, 1.807) is 6.92 Å². The summed E-state index contributed by atoms with van der Waals surface area (Å²) in [5.74, 6) is 0. The molecule has 1 fully saturated rings. The first-order chi connectivity index (χ1) is 6.94. The summed E-state index contributed by atoms with van der Waals surface area (Å²) in [4.78, 5) is 2.42. The Hall–Kier alpha value is -0.160. The highest BCUT2D eigenvalue weighted by atomic mass is 16.3. The molecule has 1 aliphatic rings. The van der Waals surface area contributed by atoms with Gasteiger partial charge >= 0.3 is 0 Å². The average molecular weight is 216 g/mol. The van der Waals surface area contributed by atoms with E-state index in [9.17, 15) is 5.11 Å². The summed E-state index contributed by atoms with van der Waals surface area (Å²) < 4.78 is 0. The molecule has 0 aromatic rings. The van der Waals surface area contributed by atoms with Crippen LogP contribution in [0.1, 0.15) is 27.2 Å². The zero-order valence-corrected chi connectivity index (χ0v) is 10.0. The Bertz CT molecular complexity index is 195. The zero-order chi connectivity index (χ0) is 11.5. The third kappa shape index (κ3) is 4.07. The Morgan fingerprint density at radius 3 is 2.67 bits per heavy atom. The van der Waals surface area contributed by atoms with Crippen molar-refractivity contribution in [3.05, 3.63) is 0 Å². The summed E-state index contributed by atoms with van der Waals surface area (Å²) in [5.41, 5.74) is -0.995. The summed E-state index contributed by atoms with van der Waals surface area (Å²) in [7, 11) is 0. The Kier molecular flexibility index (Phi) is 4.52. The second-order valence-electron chi connectivity index (χ2n) is 5.11. The van der Waals surface area contributed by atoms with Gasteiger partial charge in [0.05, 0.1) is 12.2 Å². The van der Waals surface area contributed by atoms with Crippen molar-refractivity contribution in [3.8, 4) is 0 Å². The van der Waals surface area contributed by atoms with Crippen molar-refractivity contribution in [3.63, 3.8) is 0 Å². The number of likely N-dealkylation sites (tertiary alicyclic amines) is 1. The smallest absolute Gasteiger partial charge is 0.0972 e. The SMILES string of the molecule is CC(C)N1CCC(NCC(C)(O)CO)C1. The van der Waals surface area contributed by atoms with E-state index < -0.39 is 5.60 Å². The molecule has 0 bridgehead atoms. The number of hydrogen-bond donors (Lipinski definition) is 3. The number of nitrogens with zero attached hydrogens (tertiary/aromatic N) is 1. The third-order valence-electron chi connectivity index (χ3n) is 3.06. The van der Waals surface area contributed by atoms with Crippen LogP contribution in [0.2, 0.25) is 0 Å². The molecule has 4 heteroatoms. The van der Waals surface area contributed by atoms with Crippen LogP contribution >= 0.6 is 0 Å². The molecule has 0 aromatic carbocycles. The van der Waals surface area contributed by atoms with Crippen LogP contribution in [0.4, 0.5) is 0 Å². The van der Waals surface area contributed by atoms with Crippen LogP contribution in [0.15, 0.2) is 0 Å². The largest absolute Gasteiger partial charge is 0.393 e. The average Bonchev–Trinajstić information content (AvgIpc) is 2.63. The van der Waals surface area contributed by atoms with Gasteiger partial charge in [-0.05, 0) is 33.7 Å². The maximum atomic E-state index is 9.63. The second-order valence-corrected chi connectivity index (χ2v) is 5.11. The number of rotatable bonds is 5. The minimum atomic E-state index is -0.995. The van der Waals surface area contributed by atoms with Crippen LogP contribution in [0.25, 0.3) is 0 Å². The Labute approximate surface area is 92.3 Å². The first-order valence-electron chi connectivity index (χ1n) is 5.75. The van der Waals surface area contributed by atoms with Crippen molar-refractivity contribution in [2.24, 2.45) is 0 Å². The molecule has 1 saturated heterocycles. The van der Waals surface area contributed by atoms with E-state index in [0.717, 1.165) is 19.5 Å². The minimum Gasteiger partial charge on any atom is -0.393 e. The summed E-state index contributed by atoms with van der Waals surface area (Å²) in [5, 5.41) is 21.8. The molecule has 0 saturated carbocycles. The van der Waals surface area contributed by atoms with Gasteiger partial charge in [0.2, 0.25) is 0 Å². The summed E-state index contributed by atoms with van der Waals surface area (Å²) >= 11 is 0. The molecule has 2 unspecified atom stereocenters. The van der Waals surface area contributed by atoms with Crippen molar-refractivity contribution >= 4 is 0 Å². The highest BCUT2D eigenvalue weighted by Crippen LogP contribution is 2.12. The monoisotopic (exact) mass is 216 g/mol. The topological polar surface area (TPSA) is 55.7 Å². The highest BCUT2D eigenvalue weighted by molar-refractivity contribution is 4.85. The predicted molar refractivity (Wildman–Crippen MR) is 60.8 cm³/mol. The van der Waals surface area contributed by atoms with Gasteiger partial charge in [0.1, 0.15) is 0 Å². The third-order valence-corrected chi connectivity index (χ3v) is 3.06. The van der Waals surface area contributed by atoms with Gasteiger partial charge in [-0.1, -0.05) is 0 Å². The van der Waals surface area contributed by atoms with E-state index in [0.29, 0.717) is 18.6 Å². The lowest BCUT2D eigenvalue weighted by Crippen LogP contribution is -2.46. The van der Waals surface area contributed by atoms with E-state index in [4.69, 9.17) is 5.11 Å².